The number of hydrogen-bond acceptors (Lipinski definition) is 3. The van der Waals surface area contributed by atoms with E-state index in [0.717, 1.165) is 0 Å². The SMILES string of the molecule is O=C(NCCC(O)(C(F)(F)F)C(F)(F)F)c1cccc2cc(O)ccc12. The van der Waals surface area contributed by atoms with Crippen molar-refractivity contribution in [1.82, 2.24) is 5.32 Å². The number of halogens is 6. The van der Waals surface area contributed by atoms with Crippen molar-refractivity contribution >= 4 is 16.7 Å². The summed E-state index contributed by atoms with van der Waals surface area (Å²) in [6.07, 6.45) is -13.7. The lowest BCUT2D eigenvalue weighted by Gasteiger charge is -2.32. The average Bonchev–Trinajstić information content (AvgIpc) is 2.51. The predicted octanol–water partition coefficient (Wildman–Crippen LogP) is 3.52. The normalized spacial score (nSPS) is 13.0. The summed E-state index contributed by atoms with van der Waals surface area (Å²) < 4.78 is 75.5. The van der Waals surface area contributed by atoms with E-state index < -0.39 is 36.8 Å². The lowest BCUT2D eigenvalue weighted by Crippen LogP contribution is -2.58. The minimum Gasteiger partial charge on any atom is -0.508 e. The molecule has 0 unspecified atom stereocenters. The van der Waals surface area contributed by atoms with Gasteiger partial charge in [0.05, 0.1) is 0 Å². The third kappa shape index (κ3) is 3.69. The van der Waals surface area contributed by atoms with Crippen molar-refractivity contribution in [1.29, 1.82) is 0 Å². The maximum atomic E-state index is 12.6. The molecule has 2 rings (SSSR count). The van der Waals surface area contributed by atoms with E-state index in [1.165, 1.54) is 30.3 Å². The fourth-order valence-electron chi connectivity index (χ4n) is 2.37. The maximum Gasteiger partial charge on any atom is 0.426 e. The van der Waals surface area contributed by atoms with Crippen LogP contribution in [0.15, 0.2) is 36.4 Å². The summed E-state index contributed by atoms with van der Waals surface area (Å²) in [6.45, 7) is -1.05. The zero-order valence-corrected chi connectivity index (χ0v) is 12.9. The first-order valence-electron chi connectivity index (χ1n) is 7.22. The Kier molecular flexibility index (Phi) is 5.09. The highest BCUT2D eigenvalue weighted by Crippen LogP contribution is 2.44. The van der Waals surface area contributed by atoms with Gasteiger partial charge in [-0.25, -0.2) is 0 Å². The van der Waals surface area contributed by atoms with E-state index in [9.17, 15) is 36.2 Å². The molecule has 2 aromatic rings. The predicted molar refractivity (Wildman–Crippen MR) is 79.6 cm³/mol. The standard InChI is InChI=1S/C16H13F6NO3/c17-15(18,19)14(26,16(20,21)22)6-7-23-13(25)12-3-1-2-9-8-10(24)4-5-11(9)12/h1-5,8,24,26H,6-7H2,(H,23,25). The van der Waals surface area contributed by atoms with Gasteiger partial charge in [0.15, 0.2) is 0 Å². The van der Waals surface area contributed by atoms with Crippen LogP contribution in [0.3, 0.4) is 0 Å². The molecule has 2 aromatic carbocycles. The van der Waals surface area contributed by atoms with Gasteiger partial charge in [0, 0.05) is 18.5 Å². The Bertz CT molecular complexity index is 802. The monoisotopic (exact) mass is 381 g/mol. The molecule has 26 heavy (non-hydrogen) atoms. The molecule has 3 N–H and O–H groups in total. The Morgan fingerprint density at radius 3 is 2.19 bits per heavy atom. The molecule has 0 aliphatic heterocycles. The Labute approximate surface area is 143 Å². The van der Waals surface area contributed by atoms with E-state index >= 15 is 0 Å². The molecule has 0 atom stereocenters. The van der Waals surface area contributed by atoms with Crippen LogP contribution in [0, 0.1) is 0 Å². The van der Waals surface area contributed by atoms with E-state index in [2.05, 4.69) is 0 Å². The third-order valence-electron chi connectivity index (χ3n) is 3.82. The smallest absolute Gasteiger partial charge is 0.426 e. The summed E-state index contributed by atoms with van der Waals surface area (Å²) in [4.78, 5) is 12.1. The number of carbonyl (C=O) groups is 1. The molecule has 4 nitrogen and oxygen atoms in total. The lowest BCUT2D eigenvalue weighted by molar-refractivity contribution is -0.369. The van der Waals surface area contributed by atoms with Crippen molar-refractivity contribution in [3.63, 3.8) is 0 Å². The third-order valence-corrected chi connectivity index (χ3v) is 3.82. The molecule has 10 heteroatoms. The number of fused-ring (bicyclic) bond motifs is 1. The first-order chi connectivity index (χ1) is 11.9. The van der Waals surface area contributed by atoms with Crippen molar-refractivity contribution in [3.05, 3.63) is 42.0 Å². The van der Waals surface area contributed by atoms with Gasteiger partial charge >= 0.3 is 12.4 Å². The summed E-state index contributed by atoms with van der Waals surface area (Å²) >= 11 is 0. The minimum atomic E-state index is -5.94. The van der Waals surface area contributed by atoms with Gasteiger partial charge in [-0.3, -0.25) is 4.79 Å². The Hall–Kier alpha value is -2.49. The van der Waals surface area contributed by atoms with Crippen LogP contribution in [-0.4, -0.2) is 40.6 Å². The van der Waals surface area contributed by atoms with Crippen molar-refractivity contribution in [2.75, 3.05) is 6.54 Å². The average molecular weight is 381 g/mol. The summed E-state index contributed by atoms with van der Waals surface area (Å²) in [7, 11) is 0. The van der Waals surface area contributed by atoms with Crippen LogP contribution in [0.5, 0.6) is 5.75 Å². The van der Waals surface area contributed by atoms with E-state index in [4.69, 9.17) is 5.11 Å². The molecule has 1 amide bonds. The second kappa shape index (κ2) is 6.67. The zero-order valence-electron chi connectivity index (χ0n) is 12.9. The summed E-state index contributed by atoms with van der Waals surface area (Å²) in [5.74, 6) is -0.983. The molecule has 0 aliphatic carbocycles. The number of hydrogen-bond donors (Lipinski definition) is 3. The van der Waals surface area contributed by atoms with Gasteiger partial charge in [-0.15, -0.1) is 0 Å². The molecule has 0 spiro atoms. The highest BCUT2D eigenvalue weighted by Gasteiger charge is 2.69. The molecule has 0 saturated heterocycles. The Morgan fingerprint density at radius 2 is 1.62 bits per heavy atom. The molecule has 0 aliphatic rings. The van der Waals surface area contributed by atoms with Crippen LogP contribution in [0.25, 0.3) is 10.8 Å². The largest absolute Gasteiger partial charge is 0.508 e. The van der Waals surface area contributed by atoms with Crippen molar-refractivity contribution in [2.24, 2.45) is 0 Å². The van der Waals surface area contributed by atoms with E-state index in [1.807, 2.05) is 5.32 Å². The van der Waals surface area contributed by atoms with Gasteiger partial charge in [0.1, 0.15) is 5.75 Å². The Balaban J connectivity index is 2.17. The molecule has 142 valence electrons. The number of aliphatic hydroxyl groups is 1. The topological polar surface area (TPSA) is 69.6 Å². The highest BCUT2D eigenvalue weighted by atomic mass is 19.4. The molecule has 0 aromatic heterocycles. The second-order valence-corrected chi connectivity index (χ2v) is 5.57. The van der Waals surface area contributed by atoms with Crippen LogP contribution in [0.4, 0.5) is 26.3 Å². The number of nitrogens with one attached hydrogen (secondary N) is 1. The number of phenolic OH excluding ortho intramolecular Hbond substituents is 1. The van der Waals surface area contributed by atoms with E-state index in [0.29, 0.717) is 10.8 Å². The summed E-state index contributed by atoms with van der Waals surface area (Å²) in [5.41, 5.74) is -4.91. The number of alkyl halides is 6. The number of aromatic hydroxyl groups is 1. The summed E-state index contributed by atoms with van der Waals surface area (Å²) in [5, 5.41) is 21.2. The van der Waals surface area contributed by atoms with Gasteiger partial charge in [-0.2, -0.15) is 26.3 Å². The van der Waals surface area contributed by atoms with Crippen molar-refractivity contribution in [2.45, 2.75) is 24.4 Å². The van der Waals surface area contributed by atoms with Crippen LogP contribution in [0.2, 0.25) is 0 Å². The molecule has 0 radical (unpaired) electrons. The van der Waals surface area contributed by atoms with Crippen LogP contribution in [0.1, 0.15) is 16.8 Å². The zero-order chi connectivity index (χ0) is 19.8. The summed E-state index contributed by atoms with van der Waals surface area (Å²) in [6, 6.07) is 8.36. The number of rotatable bonds is 4. The van der Waals surface area contributed by atoms with Crippen LogP contribution in [-0.2, 0) is 0 Å². The Morgan fingerprint density at radius 1 is 1.00 bits per heavy atom. The van der Waals surface area contributed by atoms with Gasteiger partial charge in [-0.1, -0.05) is 12.1 Å². The fourth-order valence-corrected chi connectivity index (χ4v) is 2.37. The first kappa shape index (κ1) is 19.8. The number of carbonyl (C=O) groups excluding carboxylic acids is 1. The van der Waals surface area contributed by atoms with Gasteiger partial charge in [-0.05, 0) is 35.0 Å². The molecular formula is C16H13F6NO3. The molecule has 0 fully saturated rings. The molecule has 0 bridgehead atoms. The lowest BCUT2D eigenvalue weighted by atomic mass is 9.98. The van der Waals surface area contributed by atoms with Gasteiger partial charge < -0.3 is 15.5 Å². The van der Waals surface area contributed by atoms with Gasteiger partial charge in [0.25, 0.3) is 11.5 Å². The highest BCUT2D eigenvalue weighted by molar-refractivity contribution is 6.07. The van der Waals surface area contributed by atoms with Gasteiger partial charge in [0.2, 0.25) is 0 Å². The molecule has 0 saturated carbocycles. The maximum absolute atomic E-state index is 12.6. The molecular weight excluding hydrogens is 368 g/mol. The molecule has 0 heterocycles. The fraction of sp³-hybridized carbons (Fsp3) is 0.312. The quantitative estimate of drug-likeness (QED) is 0.710. The van der Waals surface area contributed by atoms with Crippen LogP contribution < -0.4 is 5.32 Å². The first-order valence-corrected chi connectivity index (χ1v) is 7.22. The van der Waals surface area contributed by atoms with Crippen molar-refractivity contribution in [3.8, 4) is 5.75 Å². The van der Waals surface area contributed by atoms with E-state index in [1.54, 1.807) is 6.07 Å². The van der Waals surface area contributed by atoms with E-state index in [-0.39, 0.29) is 11.3 Å². The number of phenols is 1. The van der Waals surface area contributed by atoms with Crippen LogP contribution >= 0.6 is 0 Å². The number of amides is 1. The second-order valence-electron chi connectivity index (χ2n) is 5.57. The minimum absolute atomic E-state index is 0.00468. The van der Waals surface area contributed by atoms with Crippen molar-refractivity contribution < 1.29 is 41.4 Å². The number of benzene rings is 2.